The molecule has 21 heavy (non-hydrogen) atoms. The van der Waals surface area contributed by atoms with Crippen molar-refractivity contribution < 1.29 is 9.53 Å². The Morgan fingerprint density at radius 2 is 1.95 bits per heavy atom. The summed E-state index contributed by atoms with van der Waals surface area (Å²) in [6, 6.07) is 9.21. The van der Waals surface area contributed by atoms with Gasteiger partial charge >= 0.3 is 0 Å². The number of nitriles is 1. The van der Waals surface area contributed by atoms with E-state index in [9.17, 15) is 4.79 Å². The summed E-state index contributed by atoms with van der Waals surface area (Å²) >= 11 is 0. The van der Waals surface area contributed by atoms with Gasteiger partial charge in [0.2, 0.25) is 5.91 Å². The second-order valence-electron chi connectivity index (χ2n) is 6.46. The smallest absolute Gasteiger partial charge is 0.226 e. The van der Waals surface area contributed by atoms with Crippen LogP contribution in [0.2, 0.25) is 0 Å². The molecule has 2 atom stereocenters. The first-order valence-corrected chi connectivity index (χ1v) is 7.70. The van der Waals surface area contributed by atoms with E-state index in [-0.39, 0.29) is 6.10 Å². The molecule has 0 N–H and O–H groups in total. The van der Waals surface area contributed by atoms with Crippen LogP contribution in [-0.2, 0) is 4.79 Å². The molecular weight excluding hydrogens is 264 g/mol. The lowest BCUT2D eigenvalue weighted by atomic mass is 10.1. The van der Waals surface area contributed by atoms with E-state index in [0.29, 0.717) is 36.4 Å². The molecule has 2 aliphatic carbocycles. The zero-order valence-corrected chi connectivity index (χ0v) is 11.9. The SMILES string of the molecule is N#Cc1ccc(OC2CN(C(=O)[C@@H]3C[C@@H]3C3CC3)C2)cc1. The highest BCUT2D eigenvalue weighted by molar-refractivity contribution is 5.82. The number of benzene rings is 1. The molecule has 0 aromatic heterocycles. The molecule has 1 heterocycles. The number of hydrogen-bond acceptors (Lipinski definition) is 3. The van der Waals surface area contributed by atoms with Crippen LogP contribution in [0.3, 0.4) is 0 Å². The Morgan fingerprint density at radius 1 is 1.24 bits per heavy atom. The van der Waals surface area contributed by atoms with E-state index >= 15 is 0 Å². The van der Waals surface area contributed by atoms with Gasteiger partial charge in [0.15, 0.2) is 0 Å². The van der Waals surface area contributed by atoms with Crippen molar-refractivity contribution in [2.24, 2.45) is 17.8 Å². The summed E-state index contributed by atoms with van der Waals surface area (Å²) in [5, 5.41) is 8.75. The summed E-state index contributed by atoms with van der Waals surface area (Å²) in [5.74, 6) is 2.97. The van der Waals surface area contributed by atoms with Gasteiger partial charge in [-0.05, 0) is 55.4 Å². The van der Waals surface area contributed by atoms with Gasteiger partial charge in [0, 0.05) is 5.92 Å². The van der Waals surface area contributed by atoms with Crippen LogP contribution >= 0.6 is 0 Å². The first-order valence-electron chi connectivity index (χ1n) is 7.70. The fourth-order valence-corrected chi connectivity index (χ4v) is 3.27. The minimum absolute atomic E-state index is 0.0972. The highest BCUT2D eigenvalue weighted by Crippen LogP contribution is 2.55. The second kappa shape index (κ2) is 4.77. The van der Waals surface area contributed by atoms with Crippen LogP contribution in [-0.4, -0.2) is 30.0 Å². The first kappa shape index (κ1) is 12.7. The number of hydrogen-bond donors (Lipinski definition) is 0. The van der Waals surface area contributed by atoms with Gasteiger partial charge in [0.1, 0.15) is 11.9 Å². The molecule has 1 amide bonds. The standard InChI is InChI=1S/C17H18N2O2/c18-8-11-1-5-13(6-2-11)21-14-9-19(10-14)17(20)16-7-15(16)12-3-4-12/h1-2,5-6,12,14-16H,3-4,7,9-10H2/t15-,16-/m1/s1. The number of nitrogens with zero attached hydrogens (tertiary/aromatic N) is 2. The maximum absolute atomic E-state index is 12.2. The van der Waals surface area contributed by atoms with Gasteiger partial charge in [-0.2, -0.15) is 5.26 Å². The molecule has 1 aliphatic heterocycles. The quantitative estimate of drug-likeness (QED) is 0.850. The van der Waals surface area contributed by atoms with Crippen LogP contribution < -0.4 is 4.74 Å². The molecule has 0 bridgehead atoms. The topological polar surface area (TPSA) is 53.3 Å². The molecule has 0 spiro atoms. The van der Waals surface area contributed by atoms with Crippen molar-refractivity contribution in [3.8, 4) is 11.8 Å². The Balaban J connectivity index is 1.25. The number of carbonyl (C=O) groups excluding carboxylic acids is 1. The highest BCUT2D eigenvalue weighted by atomic mass is 16.5. The van der Waals surface area contributed by atoms with Gasteiger partial charge in [-0.15, -0.1) is 0 Å². The molecule has 108 valence electrons. The molecule has 3 fully saturated rings. The van der Waals surface area contributed by atoms with Gasteiger partial charge in [-0.25, -0.2) is 0 Å². The normalized spacial score (nSPS) is 27.7. The van der Waals surface area contributed by atoms with Crippen LogP contribution in [0.4, 0.5) is 0 Å². The van der Waals surface area contributed by atoms with Gasteiger partial charge in [0.05, 0.1) is 24.7 Å². The predicted molar refractivity (Wildman–Crippen MR) is 76.5 cm³/mol. The molecule has 3 aliphatic rings. The molecule has 4 nitrogen and oxygen atoms in total. The average Bonchev–Trinajstić information content (AvgIpc) is 3.34. The lowest BCUT2D eigenvalue weighted by Gasteiger charge is -2.39. The Hall–Kier alpha value is -2.02. The maximum atomic E-state index is 12.2. The fourth-order valence-electron chi connectivity index (χ4n) is 3.27. The molecular formula is C17H18N2O2. The van der Waals surface area contributed by atoms with Gasteiger partial charge in [-0.3, -0.25) is 4.79 Å². The fraction of sp³-hybridized carbons (Fsp3) is 0.529. The van der Waals surface area contributed by atoms with E-state index in [1.165, 1.54) is 12.8 Å². The molecule has 1 saturated heterocycles. The third-order valence-corrected chi connectivity index (χ3v) is 4.83. The van der Waals surface area contributed by atoms with Gasteiger partial charge in [-0.1, -0.05) is 0 Å². The van der Waals surface area contributed by atoms with Crippen molar-refractivity contribution in [3.63, 3.8) is 0 Å². The summed E-state index contributed by atoms with van der Waals surface area (Å²) in [7, 11) is 0. The lowest BCUT2D eigenvalue weighted by Crippen LogP contribution is -2.56. The van der Waals surface area contributed by atoms with Gasteiger partial charge in [0.25, 0.3) is 0 Å². The molecule has 0 unspecified atom stereocenters. The van der Waals surface area contributed by atoms with Crippen LogP contribution in [0.1, 0.15) is 24.8 Å². The summed E-state index contributed by atoms with van der Waals surface area (Å²) in [4.78, 5) is 14.2. The number of rotatable bonds is 4. The van der Waals surface area contributed by atoms with Crippen LogP contribution in [0.5, 0.6) is 5.75 Å². The summed E-state index contributed by atoms with van der Waals surface area (Å²) in [6.07, 6.45) is 3.87. The number of amides is 1. The van der Waals surface area contributed by atoms with E-state index < -0.39 is 0 Å². The van der Waals surface area contributed by atoms with E-state index in [4.69, 9.17) is 10.00 Å². The molecule has 0 radical (unpaired) electrons. The van der Waals surface area contributed by atoms with Crippen molar-refractivity contribution in [3.05, 3.63) is 29.8 Å². The monoisotopic (exact) mass is 282 g/mol. The van der Waals surface area contributed by atoms with Crippen LogP contribution in [0.25, 0.3) is 0 Å². The van der Waals surface area contributed by atoms with Crippen molar-refractivity contribution in [2.75, 3.05) is 13.1 Å². The number of likely N-dealkylation sites (tertiary alicyclic amines) is 1. The third kappa shape index (κ3) is 2.49. The van der Waals surface area contributed by atoms with E-state index in [0.717, 1.165) is 18.1 Å². The number of ether oxygens (including phenoxy) is 1. The predicted octanol–water partition coefficient (Wildman–Crippen LogP) is 2.19. The zero-order valence-electron chi connectivity index (χ0n) is 11.9. The van der Waals surface area contributed by atoms with E-state index in [1.54, 1.807) is 12.1 Å². The summed E-state index contributed by atoms with van der Waals surface area (Å²) in [5.41, 5.74) is 0.632. The summed E-state index contributed by atoms with van der Waals surface area (Å²) in [6.45, 7) is 1.40. The third-order valence-electron chi connectivity index (χ3n) is 4.83. The number of carbonyl (C=O) groups is 1. The minimum Gasteiger partial charge on any atom is -0.487 e. The van der Waals surface area contributed by atoms with Crippen molar-refractivity contribution in [1.29, 1.82) is 5.26 Å². The molecule has 1 aromatic rings. The lowest BCUT2D eigenvalue weighted by molar-refractivity contribution is -0.141. The van der Waals surface area contributed by atoms with Gasteiger partial charge < -0.3 is 9.64 Å². The Morgan fingerprint density at radius 3 is 2.57 bits per heavy atom. The van der Waals surface area contributed by atoms with Crippen LogP contribution in [0.15, 0.2) is 24.3 Å². The summed E-state index contributed by atoms with van der Waals surface area (Å²) < 4.78 is 5.81. The molecule has 1 aromatic carbocycles. The highest BCUT2D eigenvalue weighted by Gasteiger charge is 2.53. The van der Waals surface area contributed by atoms with Crippen molar-refractivity contribution in [2.45, 2.75) is 25.4 Å². The average molecular weight is 282 g/mol. The Bertz CT molecular complexity index is 594. The minimum atomic E-state index is 0.0972. The Labute approximate surface area is 124 Å². The zero-order chi connectivity index (χ0) is 14.4. The molecule has 4 heteroatoms. The van der Waals surface area contributed by atoms with Crippen molar-refractivity contribution in [1.82, 2.24) is 4.90 Å². The molecule has 2 saturated carbocycles. The second-order valence-corrected chi connectivity index (χ2v) is 6.46. The molecule has 4 rings (SSSR count). The Kier molecular flexibility index (Phi) is 2.88. The van der Waals surface area contributed by atoms with Crippen LogP contribution in [0, 0.1) is 29.1 Å². The maximum Gasteiger partial charge on any atom is 0.226 e. The van der Waals surface area contributed by atoms with E-state index in [1.807, 2.05) is 17.0 Å². The largest absolute Gasteiger partial charge is 0.487 e. The van der Waals surface area contributed by atoms with Crippen molar-refractivity contribution >= 4 is 5.91 Å². The first-order chi connectivity index (χ1) is 10.2. The van der Waals surface area contributed by atoms with E-state index in [2.05, 4.69) is 6.07 Å².